The quantitative estimate of drug-likeness (QED) is 0.356. The zero-order valence-corrected chi connectivity index (χ0v) is 12.8. The lowest BCUT2D eigenvalue weighted by Gasteiger charge is -2.37. The number of carbonyl (C=O) groups is 1. The van der Waals surface area contributed by atoms with Crippen LogP contribution in [0.4, 0.5) is 0 Å². The molecule has 0 spiro atoms. The number of aromatic nitrogens is 2. The van der Waals surface area contributed by atoms with Crippen molar-refractivity contribution < 1.29 is 35.1 Å². The van der Waals surface area contributed by atoms with Gasteiger partial charge in [0.15, 0.2) is 0 Å². The van der Waals surface area contributed by atoms with E-state index >= 15 is 0 Å². The summed E-state index contributed by atoms with van der Waals surface area (Å²) in [7, 11) is 0. The highest BCUT2D eigenvalue weighted by molar-refractivity contribution is 5.95. The molecule has 1 aromatic carbocycles. The van der Waals surface area contributed by atoms with Crippen LogP contribution in [-0.4, -0.2) is 78.8 Å². The average molecular weight is 348 g/mol. The van der Waals surface area contributed by atoms with E-state index in [9.17, 15) is 25.2 Å². The number of rotatable bonds is 2. The lowest BCUT2D eigenvalue weighted by Crippen LogP contribution is -2.58. The molecule has 2 aromatic rings. The van der Waals surface area contributed by atoms with Crippen molar-refractivity contribution in [2.75, 3.05) is 6.61 Å². The molecule has 6 N–H and O–H groups in total. The highest BCUT2D eigenvalue weighted by atomic mass is 16.5. The highest BCUT2D eigenvalue weighted by Gasteiger charge is 2.42. The number of ether oxygens (including phenoxy) is 1. The molecule has 132 valence electrons. The number of aliphatic hydroxyl groups is 4. The van der Waals surface area contributed by atoms with Crippen molar-refractivity contribution in [3.8, 4) is 11.8 Å². The molecule has 1 saturated heterocycles. The lowest BCUT2D eigenvalue weighted by atomic mass is 9.95. The van der Waals surface area contributed by atoms with Crippen molar-refractivity contribution in [3.05, 3.63) is 29.5 Å². The second-order valence-corrected chi connectivity index (χ2v) is 5.68. The van der Waals surface area contributed by atoms with Crippen LogP contribution < -0.4 is 0 Å². The minimum atomic E-state index is -1.53. The van der Waals surface area contributed by atoms with Crippen LogP contribution in [0.3, 0.4) is 0 Å². The van der Waals surface area contributed by atoms with Crippen LogP contribution in [0.1, 0.15) is 15.9 Å². The molecular weight excluding hydrogens is 332 g/mol. The fraction of sp³-hybridized carbons (Fsp3) is 0.375. The van der Waals surface area contributed by atoms with Gasteiger partial charge in [-0.1, -0.05) is 11.8 Å². The maximum atomic E-state index is 11.2. The monoisotopic (exact) mass is 348 g/mol. The van der Waals surface area contributed by atoms with Crippen LogP contribution in [0.25, 0.3) is 10.9 Å². The average Bonchev–Trinajstić information content (AvgIpc) is 3.07. The zero-order chi connectivity index (χ0) is 18.1. The van der Waals surface area contributed by atoms with Crippen molar-refractivity contribution in [1.82, 2.24) is 10.2 Å². The highest BCUT2D eigenvalue weighted by Crippen LogP contribution is 2.22. The first-order chi connectivity index (χ1) is 11.9. The number of hydrogen-bond donors (Lipinski definition) is 6. The van der Waals surface area contributed by atoms with Gasteiger partial charge in [0.1, 0.15) is 30.5 Å². The summed E-state index contributed by atoms with van der Waals surface area (Å²) in [4.78, 5) is 11.2. The number of nitrogens with zero attached hydrogens (tertiary/aromatic N) is 1. The Morgan fingerprint density at radius 2 is 2.00 bits per heavy atom. The number of H-pyrrole nitrogens is 1. The predicted molar refractivity (Wildman–Crippen MR) is 83.7 cm³/mol. The second kappa shape index (κ2) is 6.79. The summed E-state index contributed by atoms with van der Waals surface area (Å²) in [5.74, 6) is 4.19. The Bertz CT molecular complexity index is 851. The molecule has 3 rings (SSSR count). The number of aromatic amines is 1. The van der Waals surface area contributed by atoms with Gasteiger partial charge in [0.25, 0.3) is 0 Å². The van der Waals surface area contributed by atoms with E-state index in [2.05, 4.69) is 22.0 Å². The van der Waals surface area contributed by atoms with Crippen molar-refractivity contribution in [1.29, 1.82) is 0 Å². The molecule has 1 aliphatic rings. The van der Waals surface area contributed by atoms with Gasteiger partial charge in [0.05, 0.1) is 29.4 Å². The normalized spacial score (nSPS) is 29.2. The number of benzene rings is 1. The SMILES string of the molecule is O=C(O)c1cc(C#C[C@H]2O[C@H](CO)[C@@H](O)[C@H](O)[C@@H]2O)c2[nH]ncc2c1. The van der Waals surface area contributed by atoms with E-state index in [0.29, 0.717) is 16.5 Å². The van der Waals surface area contributed by atoms with E-state index in [-0.39, 0.29) is 5.56 Å². The third-order valence-corrected chi connectivity index (χ3v) is 4.04. The maximum Gasteiger partial charge on any atom is 0.335 e. The van der Waals surface area contributed by atoms with Crippen LogP contribution in [0, 0.1) is 11.8 Å². The topological polar surface area (TPSA) is 156 Å². The summed E-state index contributed by atoms with van der Waals surface area (Å²) in [6, 6.07) is 2.79. The summed E-state index contributed by atoms with van der Waals surface area (Å²) < 4.78 is 5.30. The number of hydrogen-bond acceptors (Lipinski definition) is 7. The zero-order valence-electron chi connectivity index (χ0n) is 12.8. The number of carboxylic acids is 1. The van der Waals surface area contributed by atoms with Gasteiger partial charge in [-0.15, -0.1) is 0 Å². The van der Waals surface area contributed by atoms with Crippen LogP contribution >= 0.6 is 0 Å². The van der Waals surface area contributed by atoms with Gasteiger partial charge in [0.2, 0.25) is 0 Å². The first-order valence-corrected chi connectivity index (χ1v) is 7.45. The van der Waals surface area contributed by atoms with Gasteiger partial charge < -0.3 is 30.3 Å². The molecule has 0 radical (unpaired) electrons. The summed E-state index contributed by atoms with van der Waals surface area (Å²) >= 11 is 0. The standard InChI is InChI=1S/C16H16N2O7/c19-6-11-14(21)15(22)13(20)10(25-11)2-1-7-3-8(16(23)24)4-9-5-17-18-12(7)9/h3-5,10-11,13-15,19-22H,6H2,(H,17,18)(H,23,24)/t10-,11-,13-,14-,15-/m1/s1. The van der Waals surface area contributed by atoms with Crippen LogP contribution in [0.5, 0.6) is 0 Å². The first-order valence-electron chi connectivity index (χ1n) is 7.45. The van der Waals surface area contributed by atoms with E-state index < -0.39 is 43.1 Å². The van der Waals surface area contributed by atoms with Gasteiger partial charge in [0, 0.05) is 5.39 Å². The minimum Gasteiger partial charge on any atom is -0.478 e. The smallest absolute Gasteiger partial charge is 0.335 e. The molecule has 1 fully saturated rings. The number of fused-ring (bicyclic) bond motifs is 1. The molecule has 0 bridgehead atoms. The predicted octanol–water partition coefficient (Wildman–Crippen LogP) is -1.54. The van der Waals surface area contributed by atoms with Crippen LogP contribution in [0.2, 0.25) is 0 Å². The molecule has 1 aliphatic heterocycles. The fourth-order valence-electron chi connectivity index (χ4n) is 2.65. The Kier molecular flexibility index (Phi) is 4.71. The number of aliphatic hydroxyl groups excluding tert-OH is 4. The molecule has 1 aromatic heterocycles. The Morgan fingerprint density at radius 3 is 2.68 bits per heavy atom. The fourth-order valence-corrected chi connectivity index (χ4v) is 2.65. The maximum absolute atomic E-state index is 11.2. The van der Waals surface area contributed by atoms with Crippen molar-refractivity contribution >= 4 is 16.9 Å². The summed E-state index contributed by atoms with van der Waals surface area (Å²) in [5, 5.41) is 55.0. The Hall–Kier alpha value is -2.48. The molecule has 0 aliphatic carbocycles. The molecule has 2 heterocycles. The molecule has 0 amide bonds. The lowest BCUT2D eigenvalue weighted by molar-refractivity contribution is -0.214. The van der Waals surface area contributed by atoms with Gasteiger partial charge in [-0.2, -0.15) is 5.10 Å². The van der Waals surface area contributed by atoms with Gasteiger partial charge in [-0.25, -0.2) is 4.79 Å². The van der Waals surface area contributed by atoms with Crippen LogP contribution in [0.15, 0.2) is 18.3 Å². The summed E-state index contributed by atoms with van der Waals surface area (Å²) in [6.45, 7) is -0.553. The van der Waals surface area contributed by atoms with Gasteiger partial charge in [-0.3, -0.25) is 5.10 Å². The van der Waals surface area contributed by atoms with E-state index in [0.717, 1.165) is 0 Å². The third kappa shape index (κ3) is 3.21. The van der Waals surface area contributed by atoms with Crippen molar-refractivity contribution in [3.63, 3.8) is 0 Å². The second-order valence-electron chi connectivity index (χ2n) is 5.68. The van der Waals surface area contributed by atoms with Gasteiger partial charge in [-0.05, 0) is 12.1 Å². The number of aromatic carboxylic acids is 1. The molecule has 25 heavy (non-hydrogen) atoms. The molecule has 0 unspecified atom stereocenters. The van der Waals surface area contributed by atoms with E-state index in [4.69, 9.17) is 9.84 Å². The van der Waals surface area contributed by atoms with Gasteiger partial charge >= 0.3 is 5.97 Å². The van der Waals surface area contributed by atoms with Crippen molar-refractivity contribution in [2.24, 2.45) is 0 Å². The molecule has 9 nitrogen and oxygen atoms in total. The van der Waals surface area contributed by atoms with Crippen LogP contribution in [-0.2, 0) is 4.74 Å². The number of carboxylic acid groups (broad SMARTS) is 1. The van der Waals surface area contributed by atoms with E-state index in [1.54, 1.807) is 0 Å². The van der Waals surface area contributed by atoms with E-state index in [1.807, 2.05) is 0 Å². The largest absolute Gasteiger partial charge is 0.478 e. The Balaban J connectivity index is 1.96. The minimum absolute atomic E-state index is 0.0204. The Morgan fingerprint density at radius 1 is 1.24 bits per heavy atom. The molecule has 0 saturated carbocycles. The first kappa shape index (κ1) is 17.3. The number of nitrogens with one attached hydrogen (secondary N) is 1. The van der Waals surface area contributed by atoms with Crippen molar-refractivity contribution in [2.45, 2.75) is 30.5 Å². The molecular formula is C16H16N2O7. The molecule has 5 atom stereocenters. The summed E-state index contributed by atoms with van der Waals surface area (Å²) in [6.07, 6.45) is -5.24. The molecule has 9 heteroatoms. The third-order valence-electron chi connectivity index (χ3n) is 4.04. The summed E-state index contributed by atoms with van der Waals surface area (Å²) in [5.41, 5.74) is 0.860. The van der Waals surface area contributed by atoms with E-state index in [1.165, 1.54) is 18.3 Å². The Labute approximate surface area is 141 Å².